The summed E-state index contributed by atoms with van der Waals surface area (Å²) in [6, 6.07) is 21.5. The van der Waals surface area contributed by atoms with E-state index >= 15 is 0 Å². The molecule has 1 aliphatic rings. The monoisotopic (exact) mass is 388 g/mol. The summed E-state index contributed by atoms with van der Waals surface area (Å²) in [5.41, 5.74) is 4.32. The Kier molecular flexibility index (Phi) is 4.26. The lowest BCUT2D eigenvalue weighted by molar-refractivity contribution is 0.174. The van der Waals surface area contributed by atoms with Crippen LogP contribution in [-0.2, 0) is 6.61 Å². The van der Waals surface area contributed by atoms with Gasteiger partial charge in [0.2, 0.25) is 6.79 Å². The number of aliphatic hydroxyl groups excluding tert-OH is 1. The molecule has 0 unspecified atom stereocenters. The van der Waals surface area contributed by atoms with Crippen LogP contribution < -0.4 is 9.47 Å². The molecule has 0 bridgehead atoms. The zero-order valence-corrected chi connectivity index (χ0v) is 15.4. The zero-order chi connectivity index (χ0) is 19.8. The molecule has 4 aromatic rings. The summed E-state index contributed by atoms with van der Waals surface area (Å²) in [4.78, 5) is 0. The van der Waals surface area contributed by atoms with Gasteiger partial charge >= 0.3 is 0 Å². The Hall–Kier alpha value is -3.64. The van der Waals surface area contributed by atoms with Gasteiger partial charge in [0.15, 0.2) is 11.5 Å². The van der Waals surface area contributed by atoms with Crippen molar-refractivity contribution in [3.63, 3.8) is 0 Å². The van der Waals surface area contributed by atoms with Crippen LogP contribution in [0.4, 0.5) is 4.39 Å². The van der Waals surface area contributed by atoms with E-state index in [-0.39, 0.29) is 19.2 Å². The van der Waals surface area contributed by atoms with E-state index in [0.29, 0.717) is 22.9 Å². The minimum Gasteiger partial charge on any atom is -0.454 e. The maximum Gasteiger partial charge on any atom is 0.231 e. The number of para-hydroxylation sites is 1. The second kappa shape index (κ2) is 7.07. The molecule has 6 heteroatoms. The van der Waals surface area contributed by atoms with Crippen molar-refractivity contribution in [3.05, 3.63) is 84.2 Å². The molecule has 3 aromatic carbocycles. The summed E-state index contributed by atoms with van der Waals surface area (Å²) >= 11 is 0. The quantitative estimate of drug-likeness (QED) is 0.557. The summed E-state index contributed by atoms with van der Waals surface area (Å²) < 4.78 is 27.1. The second-order valence-electron chi connectivity index (χ2n) is 6.70. The van der Waals surface area contributed by atoms with Crippen LogP contribution in [0.1, 0.15) is 5.56 Å². The van der Waals surface area contributed by atoms with Crippen LogP contribution >= 0.6 is 0 Å². The number of benzene rings is 3. The molecular weight excluding hydrogens is 371 g/mol. The van der Waals surface area contributed by atoms with Gasteiger partial charge < -0.3 is 14.6 Å². The van der Waals surface area contributed by atoms with E-state index in [9.17, 15) is 9.50 Å². The average molecular weight is 388 g/mol. The van der Waals surface area contributed by atoms with Crippen LogP contribution in [0.2, 0.25) is 0 Å². The number of hydrogen-bond acceptors (Lipinski definition) is 4. The van der Waals surface area contributed by atoms with Gasteiger partial charge in [-0.25, -0.2) is 9.07 Å². The molecule has 0 amide bonds. The molecule has 5 nitrogen and oxygen atoms in total. The summed E-state index contributed by atoms with van der Waals surface area (Å²) in [6.45, 7) is 0.167. The van der Waals surface area contributed by atoms with E-state index in [2.05, 4.69) is 5.10 Å². The van der Waals surface area contributed by atoms with Gasteiger partial charge in [0.25, 0.3) is 0 Å². The Morgan fingerprint density at radius 3 is 2.45 bits per heavy atom. The normalized spacial score (nSPS) is 12.3. The molecule has 1 aromatic heterocycles. The van der Waals surface area contributed by atoms with Gasteiger partial charge in [-0.05, 0) is 42.0 Å². The molecular formula is C23H17FN2O3. The van der Waals surface area contributed by atoms with Gasteiger partial charge in [-0.15, -0.1) is 0 Å². The summed E-state index contributed by atoms with van der Waals surface area (Å²) in [5, 5.41) is 13.9. The molecule has 0 spiro atoms. The summed E-state index contributed by atoms with van der Waals surface area (Å²) in [7, 11) is 0. The first-order valence-electron chi connectivity index (χ1n) is 9.18. The van der Waals surface area contributed by atoms with Gasteiger partial charge in [0, 0.05) is 11.1 Å². The number of rotatable bonds is 4. The Morgan fingerprint density at radius 1 is 0.897 bits per heavy atom. The van der Waals surface area contributed by atoms with Gasteiger partial charge in [0.05, 0.1) is 18.0 Å². The van der Waals surface area contributed by atoms with E-state index in [4.69, 9.17) is 9.47 Å². The third-order valence-electron chi connectivity index (χ3n) is 4.89. The largest absolute Gasteiger partial charge is 0.454 e. The third-order valence-corrected chi connectivity index (χ3v) is 4.89. The number of fused-ring (bicyclic) bond motifs is 1. The molecule has 29 heavy (non-hydrogen) atoms. The maximum absolute atomic E-state index is 14.6. The highest BCUT2D eigenvalue weighted by Crippen LogP contribution is 2.37. The first kappa shape index (κ1) is 17.5. The minimum atomic E-state index is -0.361. The number of halogens is 1. The van der Waals surface area contributed by atoms with Crippen molar-refractivity contribution in [2.45, 2.75) is 6.61 Å². The number of nitrogens with zero attached hydrogens (tertiary/aromatic N) is 2. The van der Waals surface area contributed by atoms with Crippen LogP contribution in [0.25, 0.3) is 28.2 Å². The van der Waals surface area contributed by atoms with Crippen LogP contribution in [0.5, 0.6) is 11.5 Å². The Balaban J connectivity index is 1.67. The van der Waals surface area contributed by atoms with Crippen molar-refractivity contribution in [1.82, 2.24) is 9.78 Å². The topological polar surface area (TPSA) is 56.5 Å². The Bertz CT molecular complexity index is 1190. The molecule has 144 valence electrons. The van der Waals surface area contributed by atoms with E-state index in [1.54, 1.807) is 22.9 Å². The molecule has 0 fully saturated rings. The first-order valence-corrected chi connectivity index (χ1v) is 9.18. The standard InChI is InChI=1S/C23H17FN2O3/c24-18-3-1-2-4-20(18)26-21(17-9-10-22-23(11-17)29-14-28-22)12-19(25-26)16-7-5-15(13-27)6-8-16/h1-12,27H,13-14H2. The average Bonchev–Trinajstić information content (AvgIpc) is 3.41. The lowest BCUT2D eigenvalue weighted by atomic mass is 10.1. The summed E-state index contributed by atoms with van der Waals surface area (Å²) in [5.74, 6) is 0.975. The van der Waals surface area contributed by atoms with Crippen molar-refractivity contribution in [3.8, 4) is 39.7 Å². The number of aliphatic hydroxyl groups is 1. The van der Waals surface area contributed by atoms with Gasteiger partial charge in [-0.1, -0.05) is 36.4 Å². The second-order valence-corrected chi connectivity index (χ2v) is 6.70. The molecule has 1 N–H and O–H groups in total. The molecule has 1 aliphatic heterocycles. The smallest absolute Gasteiger partial charge is 0.231 e. The molecule has 0 saturated carbocycles. The van der Waals surface area contributed by atoms with Crippen molar-refractivity contribution in [2.75, 3.05) is 6.79 Å². The van der Waals surface area contributed by atoms with E-state index < -0.39 is 0 Å². The molecule has 0 aliphatic carbocycles. The number of ether oxygens (including phenoxy) is 2. The highest BCUT2D eigenvalue weighted by Gasteiger charge is 2.19. The minimum absolute atomic E-state index is 0.0214. The summed E-state index contributed by atoms with van der Waals surface area (Å²) in [6.07, 6.45) is 0. The lowest BCUT2D eigenvalue weighted by Crippen LogP contribution is -2.02. The zero-order valence-electron chi connectivity index (χ0n) is 15.4. The predicted octanol–water partition coefficient (Wildman–Crippen LogP) is 4.57. The van der Waals surface area contributed by atoms with Crippen molar-refractivity contribution in [2.24, 2.45) is 0 Å². The van der Waals surface area contributed by atoms with Crippen LogP contribution in [-0.4, -0.2) is 21.7 Å². The molecule has 0 radical (unpaired) electrons. The SMILES string of the molecule is OCc1ccc(-c2cc(-c3ccc4c(c3)OCO4)n(-c3ccccc3F)n2)cc1. The van der Waals surface area contributed by atoms with Gasteiger partial charge in [-0.2, -0.15) is 5.10 Å². The third kappa shape index (κ3) is 3.13. The fourth-order valence-electron chi connectivity index (χ4n) is 3.37. The molecule has 0 saturated heterocycles. The van der Waals surface area contributed by atoms with Crippen LogP contribution in [0, 0.1) is 5.82 Å². The van der Waals surface area contributed by atoms with Gasteiger partial charge in [-0.3, -0.25) is 0 Å². The predicted molar refractivity (Wildman–Crippen MR) is 106 cm³/mol. The highest BCUT2D eigenvalue weighted by molar-refractivity contribution is 5.72. The molecule has 2 heterocycles. The highest BCUT2D eigenvalue weighted by atomic mass is 19.1. The van der Waals surface area contributed by atoms with Crippen molar-refractivity contribution >= 4 is 0 Å². The van der Waals surface area contributed by atoms with E-state index in [1.807, 2.05) is 48.5 Å². The molecule has 5 rings (SSSR count). The fourth-order valence-corrected chi connectivity index (χ4v) is 3.37. The van der Waals surface area contributed by atoms with Crippen LogP contribution in [0.15, 0.2) is 72.8 Å². The number of aromatic nitrogens is 2. The van der Waals surface area contributed by atoms with E-state index in [0.717, 1.165) is 22.4 Å². The Labute approximate surface area is 166 Å². The fraction of sp³-hybridized carbons (Fsp3) is 0.0870. The van der Waals surface area contributed by atoms with Crippen LogP contribution in [0.3, 0.4) is 0 Å². The first-order chi connectivity index (χ1) is 14.2. The van der Waals surface area contributed by atoms with Crippen molar-refractivity contribution in [1.29, 1.82) is 0 Å². The van der Waals surface area contributed by atoms with Gasteiger partial charge in [0.1, 0.15) is 11.5 Å². The van der Waals surface area contributed by atoms with Crippen molar-refractivity contribution < 1.29 is 19.0 Å². The molecule has 0 atom stereocenters. The lowest BCUT2D eigenvalue weighted by Gasteiger charge is -2.09. The number of hydrogen-bond donors (Lipinski definition) is 1. The Morgan fingerprint density at radius 2 is 1.66 bits per heavy atom. The van der Waals surface area contributed by atoms with E-state index in [1.165, 1.54) is 6.07 Å². The maximum atomic E-state index is 14.6.